The van der Waals surface area contributed by atoms with E-state index < -0.39 is 23.8 Å². The summed E-state index contributed by atoms with van der Waals surface area (Å²) >= 11 is 0. The van der Waals surface area contributed by atoms with Crippen LogP contribution in [-0.2, 0) is 16.0 Å². The minimum absolute atomic E-state index is 0.0121. The van der Waals surface area contributed by atoms with Crippen LogP contribution in [0.15, 0.2) is 12.1 Å². The molecule has 1 saturated carbocycles. The Morgan fingerprint density at radius 2 is 2.03 bits per heavy atom. The van der Waals surface area contributed by atoms with Crippen LogP contribution >= 0.6 is 0 Å². The molecule has 2 aromatic rings. The Hall–Kier alpha value is -3.27. The van der Waals surface area contributed by atoms with Crippen molar-refractivity contribution in [3.05, 3.63) is 40.5 Å². The fourth-order valence-corrected chi connectivity index (χ4v) is 5.08. The zero-order valence-electron chi connectivity index (χ0n) is 19.6. The van der Waals surface area contributed by atoms with E-state index in [2.05, 4.69) is 10.4 Å². The molecule has 1 fully saturated rings. The van der Waals surface area contributed by atoms with Crippen molar-refractivity contribution in [1.82, 2.24) is 9.78 Å². The number of halogens is 1. The van der Waals surface area contributed by atoms with E-state index >= 15 is 4.39 Å². The molecular formula is C24H30FN5O4. The van der Waals surface area contributed by atoms with Crippen molar-refractivity contribution in [1.29, 1.82) is 0 Å². The summed E-state index contributed by atoms with van der Waals surface area (Å²) in [5.41, 5.74) is 12.7. The van der Waals surface area contributed by atoms with Crippen molar-refractivity contribution >= 4 is 23.3 Å². The Morgan fingerprint density at radius 1 is 1.29 bits per heavy atom. The van der Waals surface area contributed by atoms with Gasteiger partial charge in [-0.15, -0.1) is 0 Å². The van der Waals surface area contributed by atoms with Gasteiger partial charge in [0.15, 0.2) is 5.78 Å². The summed E-state index contributed by atoms with van der Waals surface area (Å²) in [5.74, 6) is -2.24. The van der Waals surface area contributed by atoms with Crippen molar-refractivity contribution in [3.8, 4) is 5.69 Å². The highest BCUT2D eigenvalue weighted by molar-refractivity contribution is 6.00. The Balaban J connectivity index is 1.76. The van der Waals surface area contributed by atoms with Crippen molar-refractivity contribution in [3.63, 3.8) is 0 Å². The minimum Gasteiger partial charge on any atom is -0.459 e. The van der Waals surface area contributed by atoms with E-state index in [1.54, 1.807) is 17.7 Å². The molecule has 2 atom stereocenters. The smallest absolute Gasteiger partial charge is 0.320 e. The molecule has 1 aromatic heterocycles. The number of nitrogens with two attached hydrogens (primary N) is 2. The first-order valence-electron chi connectivity index (χ1n) is 11.4. The molecule has 1 amide bonds. The number of amides is 1. The van der Waals surface area contributed by atoms with E-state index in [0.717, 1.165) is 6.42 Å². The van der Waals surface area contributed by atoms with E-state index in [-0.39, 0.29) is 35.0 Å². The van der Waals surface area contributed by atoms with Gasteiger partial charge in [0.2, 0.25) is 0 Å². The first-order valence-corrected chi connectivity index (χ1v) is 11.4. The normalized spacial score (nSPS) is 21.3. The summed E-state index contributed by atoms with van der Waals surface area (Å²) in [6.45, 7) is 5.53. The lowest BCUT2D eigenvalue weighted by molar-refractivity contribution is -0.147. The predicted octanol–water partition coefficient (Wildman–Crippen LogP) is 2.41. The SMILES string of the molecule is Cc1nn(-c2cc(F)c(C(N)=O)c(N[C@@H]3CCC[C@H]3OC(=O)CN)c2)c2c1C(=O)CC(C)(C)C2. The number of carbonyl (C=O) groups is 3. The number of carbonyl (C=O) groups excluding carboxylic acids is 3. The van der Waals surface area contributed by atoms with Gasteiger partial charge in [0, 0.05) is 12.5 Å². The number of ketones is 1. The summed E-state index contributed by atoms with van der Waals surface area (Å²) in [4.78, 5) is 36.6. The van der Waals surface area contributed by atoms with E-state index in [4.69, 9.17) is 16.2 Å². The Labute approximate surface area is 197 Å². The molecule has 2 aliphatic rings. The molecule has 2 aliphatic carbocycles. The lowest BCUT2D eigenvalue weighted by atomic mass is 9.75. The van der Waals surface area contributed by atoms with E-state index in [1.165, 1.54) is 6.07 Å². The molecule has 4 rings (SSSR count). The number of benzene rings is 1. The molecule has 5 N–H and O–H groups in total. The predicted molar refractivity (Wildman–Crippen MR) is 123 cm³/mol. The maximum atomic E-state index is 15.2. The average Bonchev–Trinajstić information content (AvgIpc) is 3.29. The summed E-state index contributed by atoms with van der Waals surface area (Å²) in [5, 5.41) is 7.70. The van der Waals surface area contributed by atoms with Crippen molar-refractivity contribution in [2.75, 3.05) is 11.9 Å². The molecule has 0 spiro atoms. The van der Waals surface area contributed by atoms with Crippen LogP contribution < -0.4 is 16.8 Å². The molecular weight excluding hydrogens is 441 g/mol. The van der Waals surface area contributed by atoms with E-state index in [1.807, 2.05) is 13.8 Å². The molecule has 1 aromatic carbocycles. The summed E-state index contributed by atoms with van der Waals surface area (Å²) in [6, 6.07) is 2.46. The van der Waals surface area contributed by atoms with Gasteiger partial charge in [0.25, 0.3) is 5.91 Å². The molecule has 182 valence electrons. The number of ether oxygens (including phenoxy) is 1. The number of hydrogen-bond donors (Lipinski definition) is 3. The van der Waals surface area contributed by atoms with Crippen molar-refractivity contribution in [2.24, 2.45) is 16.9 Å². The fraction of sp³-hybridized carbons (Fsp3) is 0.500. The van der Waals surface area contributed by atoms with E-state index in [9.17, 15) is 14.4 Å². The van der Waals surface area contributed by atoms with Crippen LogP contribution in [-0.4, -0.2) is 46.1 Å². The highest BCUT2D eigenvalue weighted by Gasteiger charge is 2.36. The van der Waals surface area contributed by atoms with Gasteiger partial charge in [-0.25, -0.2) is 9.07 Å². The number of esters is 1. The highest BCUT2D eigenvalue weighted by Crippen LogP contribution is 2.38. The number of primary amides is 1. The third kappa shape index (κ3) is 4.42. The summed E-state index contributed by atoms with van der Waals surface area (Å²) in [6.07, 6.45) is 2.63. The lowest BCUT2D eigenvalue weighted by Crippen LogP contribution is -2.35. The largest absolute Gasteiger partial charge is 0.459 e. The fourth-order valence-electron chi connectivity index (χ4n) is 5.08. The van der Waals surface area contributed by atoms with Gasteiger partial charge in [-0.3, -0.25) is 14.4 Å². The molecule has 0 saturated heterocycles. The summed E-state index contributed by atoms with van der Waals surface area (Å²) in [7, 11) is 0. The maximum absolute atomic E-state index is 15.2. The molecule has 0 aliphatic heterocycles. The number of nitrogens with one attached hydrogen (secondary N) is 1. The first-order chi connectivity index (χ1) is 16.0. The van der Waals surface area contributed by atoms with Gasteiger partial charge in [-0.05, 0) is 44.1 Å². The van der Waals surface area contributed by atoms with Crippen LogP contribution in [0.25, 0.3) is 5.69 Å². The molecule has 10 heteroatoms. The third-order valence-electron chi connectivity index (χ3n) is 6.53. The molecule has 34 heavy (non-hydrogen) atoms. The van der Waals surface area contributed by atoms with E-state index in [0.29, 0.717) is 48.3 Å². The number of Topliss-reactive ketones (excluding diaryl/α,β-unsaturated/α-hetero) is 1. The maximum Gasteiger partial charge on any atom is 0.320 e. The highest BCUT2D eigenvalue weighted by atomic mass is 19.1. The third-order valence-corrected chi connectivity index (χ3v) is 6.53. The van der Waals surface area contributed by atoms with Gasteiger partial charge in [0.1, 0.15) is 11.9 Å². The zero-order valence-corrected chi connectivity index (χ0v) is 19.6. The number of aryl methyl sites for hydroxylation is 1. The van der Waals surface area contributed by atoms with Gasteiger partial charge >= 0.3 is 5.97 Å². The van der Waals surface area contributed by atoms with Crippen LogP contribution in [0.4, 0.5) is 10.1 Å². The number of rotatable bonds is 6. The Kier molecular flexibility index (Phi) is 6.20. The monoisotopic (exact) mass is 471 g/mol. The molecule has 0 unspecified atom stereocenters. The standard InChI is InChI=1S/C24H30FN5O4/c1-12-21-17(9-24(2,3)10-18(21)31)30(29-12)13-7-14(25)22(23(27)33)16(8-13)28-15-5-4-6-19(15)34-20(32)11-26/h7-8,15,19,28H,4-6,9-11,26H2,1-3H3,(H2,27,33)/t15-,19-/m1/s1. The lowest BCUT2D eigenvalue weighted by Gasteiger charge is -2.29. The number of aromatic nitrogens is 2. The number of hydrogen-bond acceptors (Lipinski definition) is 7. The average molecular weight is 472 g/mol. The zero-order chi connectivity index (χ0) is 24.8. The van der Waals surface area contributed by atoms with Gasteiger partial charge < -0.3 is 21.5 Å². The number of nitrogens with zero attached hydrogens (tertiary/aromatic N) is 2. The van der Waals surface area contributed by atoms with Crippen LogP contribution in [0.5, 0.6) is 0 Å². The van der Waals surface area contributed by atoms with Gasteiger partial charge in [0.05, 0.1) is 46.5 Å². The second-order valence-corrected chi connectivity index (χ2v) is 9.89. The second-order valence-electron chi connectivity index (χ2n) is 9.89. The van der Waals surface area contributed by atoms with Gasteiger partial charge in [-0.2, -0.15) is 5.10 Å². The summed E-state index contributed by atoms with van der Waals surface area (Å²) < 4.78 is 22.2. The quantitative estimate of drug-likeness (QED) is 0.549. The molecule has 9 nitrogen and oxygen atoms in total. The van der Waals surface area contributed by atoms with Crippen LogP contribution in [0.2, 0.25) is 0 Å². The topological polar surface area (TPSA) is 142 Å². The Morgan fingerprint density at radius 3 is 2.71 bits per heavy atom. The molecule has 0 radical (unpaired) electrons. The first kappa shape index (κ1) is 23.9. The molecule has 1 heterocycles. The van der Waals surface area contributed by atoms with Crippen LogP contribution in [0.1, 0.15) is 71.6 Å². The van der Waals surface area contributed by atoms with Crippen LogP contribution in [0, 0.1) is 18.2 Å². The number of anilines is 1. The Bertz CT molecular complexity index is 1170. The number of fused-ring (bicyclic) bond motifs is 1. The van der Waals surface area contributed by atoms with Crippen molar-refractivity contribution in [2.45, 2.75) is 65.0 Å². The molecule has 0 bridgehead atoms. The van der Waals surface area contributed by atoms with Crippen LogP contribution in [0.3, 0.4) is 0 Å². The second kappa shape index (κ2) is 8.83. The van der Waals surface area contributed by atoms with Gasteiger partial charge in [-0.1, -0.05) is 13.8 Å². The van der Waals surface area contributed by atoms with Crippen molar-refractivity contribution < 1.29 is 23.5 Å². The minimum atomic E-state index is -0.921.